The Balaban J connectivity index is 1.94. The molecule has 1 aliphatic rings. The van der Waals surface area contributed by atoms with E-state index in [0.29, 0.717) is 18.0 Å². The van der Waals surface area contributed by atoms with Crippen molar-refractivity contribution in [1.82, 2.24) is 20.2 Å². The van der Waals surface area contributed by atoms with E-state index in [4.69, 9.17) is 10.5 Å². The molecular weight excluding hydrogens is 182 g/mol. The van der Waals surface area contributed by atoms with Crippen LogP contribution in [0, 0.1) is 5.92 Å². The van der Waals surface area contributed by atoms with Crippen molar-refractivity contribution in [2.24, 2.45) is 5.92 Å². The smallest absolute Gasteiger partial charge is 0.240 e. The molecule has 6 heteroatoms. The first kappa shape index (κ1) is 9.39. The molecular formula is C8H15N5O. The fourth-order valence-corrected chi connectivity index (χ4v) is 1.84. The maximum atomic E-state index is 5.59. The summed E-state index contributed by atoms with van der Waals surface area (Å²) < 4.78 is 7.12. The standard InChI is InChI=1S/C8H15N5O/c1-6-4-7(2-3-14-6)5-13-8(9)10-11-12-13/h6-7H,2-5H2,1H3,(H2,9,10,12). The average molecular weight is 197 g/mol. The van der Waals surface area contributed by atoms with E-state index in [1.807, 2.05) is 0 Å². The van der Waals surface area contributed by atoms with Gasteiger partial charge in [0.1, 0.15) is 0 Å². The van der Waals surface area contributed by atoms with E-state index >= 15 is 0 Å². The summed E-state index contributed by atoms with van der Waals surface area (Å²) in [6, 6.07) is 0. The maximum Gasteiger partial charge on any atom is 0.240 e. The highest BCUT2D eigenvalue weighted by Crippen LogP contribution is 2.21. The lowest BCUT2D eigenvalue weighted by molar-refractivity contribution is -0.00174. The summed E-state index contributed by atoms with van der Waals surface area (Å²) in [5, 5.41) is 11.0. The zero-order valence-electron chi connectivity index (χ0n) is 8.26. The first-order chi connectivity index (χ1) is 6.75. The number of tetrazole rings is 1. The van der Waals surface area contributed by atoms with Gasteiger partial charge in [-0.1, -0.05) is 5.10 Å². The SMILES string of the molecule is CC1CC(Cn2nnnc2N)CCO1. The third-order valence-electron chi connectivity index (χ3n) is 2.58. The lowest BCUT2D eigenvalue weighted by atomic mass is 9.96. The van der Waals surface area contributed by atoms with Crippen LogP contribution in [0.25, 0.3) is 0 Å². The largest absolute Gasteiger partial charge is 0.378 e. The van der Waals surface area contributed by atoms with E-state index in [1.165, 1.54) is 0 Å². The summed E-state index contributed by atoms with van der Waals surface area (Å²) in [5.74, 6) is 0.966. The summed E-state index contributed by atoms with van der Waals surface area (Å²) >= 11 is 0. The molecule has 0 aromatic carbocycles. The normalized spacial score (nSPS) is 27.8. The van der Waals surface area contributed by atoms with E-state index in [2.05, 4.69) is 22.4 Å². The van der Waals surface area contributed by atoms with Gasteiger partial charge in [0, 0.05) is 13.2 Å². The molecule has 1 fully saturated rings. The van der Waals surface area contributed by atoms with Gasteiger partial charge in [-0.3, -0.25) is 0 Å². The van der Waals surface area contributed by atoms with E-state index in [-0.39, 0.29) is 0 Å². The van der Waals surface area contributed by atoms with Crippen LogP contribution in [0.4, 0.5) is 5.95 Å². The highest BCUT2D eigenvalue weighted by atomic mass is 16.5. The van der Waals surface area contributed by atoms with Crippen LogP contribution in [0.1, 0.15) is 19.8 Å². The van der Waals surface area contributed by atoms with Crippen molar-refractivity contribution in [3.8, 4) is 0 Å². The van der Waals surface area contributed by atoms with Crippen LogP contribution in [0.5, 0.6) is 0 Å². The van der Waals surface area contributed by atoms with Gasteiger partial charge in [0.05, 0.1) is 6.10 Å². The first-order valence-electron chi connectivity index (χ1n) is 4.89. The summed E-state index contributed by atoms with van der Waals surface area (Å²) in [5.41, 5.74) is 5.59. The Hall–Kier alpha value is -1.17. The molecule has 2 atom stereocenters. The number of hydrogen-bond acceptors (Lipinski definition) is 5. The molecule has 2 heterocycles. The first-order valence-corrected chi connectivity index (χ1v) is 4.89. The van der Waals surface area contributed by atoms with Gasteiger partial charge in [0.2, 0.25) is 5.95 Å². The van der Waals surface area contributed by atoms with Gasteiger partial charge in [-0.2, -0.15) is 0 Å². The molecule has 14 heavy (non-hydrogen) atoms. The topological polar surface area (TPSA) is 78.9 Å². The fourth-order valence-electron chi connectivity index (χ4n) is 1.84. The number of nitrogen functional groups attached to an aromatic ring is 1. The monoisotopic (exact) mass is 197 g/mol. The molecule has 1 aliphatic heterocycles. The minimum atomic E-state index is 0.339. The van der Waals surface area contributed by atoms with Crippen molar-refractivity contribution in [3.05, 3.63) is 0 Å². The van der Waals surface area contributed by atoms with Crippen molar-refractivity contribution in [1.29, 1.82) is 0 Å². The van der Waals surface area contributed by atoms with Crippen molar-refractivity contribution >= 4 is 5.95 Å². The minimum absolute atomic E-state index is 0.339. The highest BCUT2D eigenvalue weighted by molar-refractivity contribution is 5.09. The van der Waals surface area contributed by atoms with Gasteiger partial charge >= 0.3 is 0 Å². The van der Waals surface area contributed by atoms with E-state index < -0.39 is 0 Å². The summed E-state index contributed by atoms with van der Waals surface area (Å²) in [6.45, 7) is 3.72. The van der Waals surface area contributed by atoms with Gasteiger partial charge in [-0.05, 0) is 36.1 Å². The number of nitrogens with zero attached hydrogens (tertiary/aromatic N) is 4. The Morgan fingerprint density at radius 3 is 3.14 bits per heavy atom. The average Bonchev–Trinajstić information content (AvgIpc) is 2.52. The summed E-state index contributed by atoms with van der Waals surface area (Å²) in [7, 11) is 0. The molecule has 6 nitrogen and oxygen atoms in total. The Morgan fingerprint density at radius 2 is 2.50 bits per heavy atom. The van der Waals surface area contributed by atoms with Crippen LogP contribution >= 0.6 is 0 Å². The van der Waals surface area contributed by atoms with Crippen LogP contribution in [0.15, 0.2) is 0 Å². The third kappa shape index (κ3) is 2.01. The van der Waals surface area contributed by atoms with Gasteiger partial charge in [-0.25, -0.2) is 4.68 Å². The summed E-state index contributed by atoms with van der Waals surface area (Å²) in [4.78, 5) is 0. The molecule has 0 spiro atoms. The van der Waals surface area contributed by atoms with Gasteiger partial charge in [0.25, 0.3) is 0 Å². The Kier molecular flexibility index (Phi) is 2.62. The zero-order chi connectivity index (χ0) is 9.97. The quantitative estimate of drug-likeness (QED) is 0.725. The lowest BCUT2D eigenvalue weighted by Crippen LogP contribution is -2.26. The van der Waals surface area contributed by atoms with Crippen molar-refractivity contribution in [2.75, 3.05) is 12.3 Å². The second kappa shape index (κ2) is 3.91. The van der Waals surface area contributed by atoms with Crippen LogP contribution in [-0.4, -0.2) is 32.9 Å². The lowest BCUT2D eigenvalue weighted by Gasteiger charge is -2.26. The van der Waals surface area contributed by atoms with E-state index in [1.54, 1.807) is 4.68 Å². The molecule has 2 N–H and O–H groups in total. The molecule has 0 bridgehead atoms. The van der Waals surface area contributed by atoms with Crippen LogP contribution in [-0.2, 0) is 11.3 Å². The van der Waals surface area contributed by atoms with Crippen molar-refractivity contribution < 1.29 is 4.74 Å². The van der Waals surface area contributed by atoms with Crippen molar-refractivity contribution in [2.45, 2.75) is 32.4 Å². The molecule has 78 valence electrons. The second-order valence-electron chi connectivity index (χ2n) is 3.79. The molecule has 2 unspecified atom stereocenters. The number of nitrogens with two attached hydrogens (primary N) is 1. The number of hydrogen-bond donors (Lipinski definition) is 1. The number of rotatable bonds is 2. The third-order valence-corrected chi connectivity index (χ3v) is 2.58. The molecule has 1 aromatic heterocycles. The maximum absolute atomic E-state index is 5.59. The predicted molar refractivity (Wildman–Crippen MR) is 50.4 cm³/mol. The highest BCUT2D eigenvalue weighted by Gasteiger charge is 2.20. The minimum Gasteiger partial charge on any atom is -0.378 e. The molecule has 2 rings (SSSR count). The number of ether oxygens (including phenoxy) is 1. The van der Waals surface area contributed by atoms with Crippen LogP contribution < -0.4 is 5.73 Å². The van der Waals surface area contributed by atoms with Crippen molar-refractivity contribution in [3.63, 3.8) is 0 Å². The molecule has 0 radical (unpaired) electrons. The fraction of sp³-hybridized carbons (Fsp3) is 0.875. The van der Waals surface area contributed by atoms with E-state index in [0.717, 1.165) is 26.0 Å². The molecule has 0 aliphatic carbocycles. The molecule has 0 saturated carbocycles. The van der Waals surface area contributed by atoms with E-state index in [9.17, 15) is 0 Å². The Labute approximate surface area is 82.4 Å². The number of aromatic nitrogens is 4. The van der Waals surface area contributed by atoms with Gasteiger partial charge in [0.15, 0.2) is 0 Å². The molecule has 0 amide bonds. The Morgan fingerprint density at radius 1 is 1.64 bits per heavy atom. The Bertz CT molecular complexity index is 300. The second-order valence-corrected chi connectivity index (χ2v) is 3.79. The predicted octanol–water partition coefficient (Wildman–Crippen LogP) is 0.0704. The van der Waals surface area contributed by atoms with Crippen LogP contribution in [0.3, 0.4) is 0 Å². The summed E-state index contributed by atoms with van der Waals surface area (Å²) in [6.07, 6.45) is 2.45. The zero-order valence-corrected chi connectivity index (χ0v) is 8.26. The molecule has 1 aromatic rings. The number of anilines is 1. The van der Waals surface area contributed by atoms with Crippen LogP contribution in [0.2, 0.25) is 0 Å². The molecule has 1 saturated heterocycles. The van der Waals surface area contributed by atoms with Gasteiger partial charge < -0.3 is 10.5 Å². The van der Waals surface area contributed by atoms with Gasteiger partial charge in [-0.15, -0.1) is 0 Å².